The first kappa shape index (κ1) is 9.19. The fourth-order valence-electron chi connectivity index (χ4n) is 1.66. The highest BCUT2D eigenvalue weighted by Gasteiger charge is 2.24. The van der Waals surface area contributed by atoms with Crippen LogP contribution in [0, 0.1) is 0 Å². The van der Waals surface area contributed by atoms with Gasteiger partial charge in [0, 0.05) is 11.5 Å². The molecule has 1 saturated heterocycles. The molecule has 2 nitrogen and oxygen atoms in total. The fraction of sp³-hybridized carbons (Fsp3) is 0.600. The largest absolute Gasteiger partial charge is 0.385 e. The van der Waals surface area contributed by atoms with Gasteiger partial charge in [-0.15, -0.1) is 11.3 Å². The zero-order chi connectivity index (χ0) is 9.10. The second-order valence-electron chi connectivity index (χ2n) is 3.37. The molecule has 0 spiro atoms. The normalized spacial score (nSPS) is 25.8. The van der Waals surface area contributed by atoms with Crippen LogP contribution in [-0.2, 0) is 4.74 Å². The van der Waals surface area contributed by atoms with Crippen LogP contribution in [0.5, 0.6) is 0 Å². The van der Waals surface area contributed by atoms with Crippen molar-refractivity contribution in [1.29, 1.82) is 0 Å². The molecule has 0 radical (unpaired) electrons. The Morgan fingerprint density at radius 3 is 3.08 bits per heavy atom. The Morgan fingerprint density at radius 2 is 2.46 bits per heavy atom. The molecule has 0 amide bonds. The third-order valence-electron chi connectivity index (χ3n) is 2.40. The molecule has 13 heavy (non-hydrogen) atoms. The lowest BCUT2D eigenvalue weighted by Gasteiger charge is -2.26. The van der Waals surface area contributed by atoms with Crippen molar-refractivity contribution in [3.8, 4) is 0 Å². The Hall–Kier alpha value is -0.380. The van der Waals surface area contributed by atoms with E-state index in [1.165, 1.54) is 6.42 Å². The SMILES string of the molecule is OC(c1cccs1)C1CCCCO1. The van der Waals surface area contributed by atoms with Crippen LogP contribution in [0.2, 0.25) is 0 Å². The van der Waals surface area contributed by atoms with Crippen molar-refractivity contribution in [2.24, 2.45) is 0 Å². The van der Waals surface area contributed by atoms with Crippen LogP contribution in [0.3, 0.4) is 0 Å². The van der Waals surface area contributed by atoms with Crippen LogP contribution in [0.1, 0.15) is 30.2 Å². The van der Waals surface area contributed by atoms with E-state index in [2.05, 4.69) is 0 Å². The first-order valence-corrected chi connectivity index (χ1v) is 5.59. The summed E-state index contributed by atoms with van der Waals surface area (Å²) in [5.74, 6) is 0. The molecule has 2 unspecified atom stereocenters. The van der Waals surface area contributed by atoms with Crippen LogP contribution in [0.4, 0.5) is 0 Å². The molecule has 0 aromatic carbocycles. The van der Waals surface area contributed by atoms with E-state index in [1.807, 2.05) is 17.5 Å². The van der Waals surface area contributed by atoms with Crippen LogP contribution in [0.15, 0.2) is 17.5 Å². The van der Waals surface area contributed by atoms with Crippen LogP contribution >= 0.6 is 11.3 Å². The lowest BCUT2D eigenvalue weighted by molar-refractivity contribution is -0.0620. The van der Waals surface area contributed by atoms with Crippen molar-refractivity contribution in [2.45, 2.75) is 31.5 Å². The van der Waals surface area contributed by atoms with Crippen molar-refractivity contribution in [1.82, 2.24) is 0 Å². The Balaban J connectivity index is 1.99. The van der Waals surface area contributed by atoms with E-state index in [9.17, 15) is 5.11 Å². The number of aliphatic hydroxyl groups is 1. The Labute approximate surface area is 82.2 Å². The van der Waals surface area contributed by atoms with E-state index < -0.39 is 6.10 Å². The van der Waals surface area contributed by atoms with Crippen molar-refractivity contribution >= 4 is 11.3 Å². The van der Waals surface area contributed by atoms with E-state index in [-0.39, 0.29) is 6.10 Å². The molecular weight excluding hydrogens is 184 g/mol. The predicted molar refractivity (Wildman–Crippen MR) is 52.9 cm³/mol. The van der Waals surface area contributed by atoms with Crippen LogP contribution in [-0.4, -0.2) is 17.8 Å². The van der Waals surface area contributed by atoms with Gasteiger partial charge in [-0.2, -0.15) is 0 Å². The van der Waals surface area contributed by atoms with Crippen LogP contribution in [0.25, 0.3) is 0 Å². The van der Waals surface area contributed by atoms with Gasteiger partial charge in [0.15, 0.2) is 0 Å². The number of thiophene rings is 1. The minimum absolute atomic E-state index is 0.0207. The van der Waals surface area contributed by atoms with Gasteiger partial charge in [0.05, 0.1) is 6.10 Å². The summed E-state index contributed by atoms with van der Waals surface area (Å²) in [4.78, 5) is 1.02. The molecule has 0 aliphatic carbocycles. The molecule has 2 heterocycles. The minimum atomic E-state index is -0.416. The van der Waals surface area contributed by atoms with Gasteiger partial charge < -0.3 is 9.84 Å². The van der Waals surface area contributed by atoms with Gasteiger partial charge in [0.1, 0.15) is 6.10 Å². The Bertz CT molecular complexity index is 239. The van der Waals surface area contributed by atoms with Gasteiger partial charge in [-0.1, -0.05) is 6.07 Å². The smallest absolute Gasteiger partial charge is 0.114 e. The summed E-state index contributed by atoms with van der Waals surface area (Å²) in [5, 5.41) is 11.9. The second-order valence-corrected chi connectivity index (χ2v) is 4.34. The molecular formula is C10H14O2S. The molecule has 1 aliphatic heterocycles. The molecule has 3 heteroatoms. The first-order valence-electron chi connectivity index (χ1n) is 4.71. The molecule has 1 fully saturated rings. The molecule has 2 rings (SSSR count). The highest BCUT2D eigenvalue weighted by Crippen LogP contribution is 2.28. The van der Waals surface area contributed by atoms with Crippen molar-refractivity contribution in [3.05, 3.63) is 22.4 Å². The number of hydrogen-bond donors (Lipinski definition) is 1. The first-order chi connectivity index (χ1) is 6.38. The molecule has 2 atom stereocenters. The molecule has 0 bridgehead atoms. The third-order valence-corrected chi connectivity index (χ3v) is 3.34. The van der Waals surface area contributed by atoms with E-state index in [1.54, 1.807) is 11.3 Å². The minimum Gasteiger partial charge on any atom is -0.385 e. The molecule has 1 aliphatic rings. The summed E-state index contributed by atoms with van der Waals surface area (Å²) in [6.45, 7) is 0.799. The Kier molecular flexibility index (Phi) is 2.98. The second kappa shape index (κ2) is 4.22. The fourth-order valence-corrected chi connectivity index (χ4v) is 2.42. The maximum atomic E-state index is 9.92. The standard InChI is InChI=1S/C10H14O2S/c11-10(9-5-3-7-13-9)8-4-1-2-6-12-8/h3,5,7-8,10-11H,1-2,4,6H2. The number of ether oxygens (including phenoxy) is 1. The Morgan fingerprint density at radius 1 is 1.54 bits per heavy atom. The summed E-state index contributed by atoms with van der Waals surface area (Å²) in [6.07, 6.45) is 2.90. The van der Waals surface area contributed by atoms with E-state index in [0.29, 0.717) is 0 Å². The zero-order valence-corrected chi connectivity index (χ0v) is 8.30. The van der Waals surface area contributed by atoms with Crippen molar-refractivity contribution < 1.29 is 9.84 Å². The summed E-state index contributed by atoms with van der Waals surface area (Å²) in [7, 11) is 0. The monoisotopic (exact) mass is 198 g/mol. The number of aliphatic hydroxyl groups excluding tert-OH is 1. The van der Waals surface area contributed by atoms with E-state index in [4.69, 9.17) is 4.74 Å². The number of rotatable bonds is 2. The summed E-state index contributed by atoms with van der Waals surface area (Å²) < 4.78 is 5.52. The topological polar surface area (TPSA) is 29.5 Å². The lowest BCUT2D eigenvalue weighted by Crippen LogP contribution is -2.25. The predicted octanol–water partition coefficient (Wildman–Crippen LogP) is 2.35. The highest BCUT2D eigenvalue weighted by molar-refractivity contribution is 7.10. The van der Waals surface area contributed by atoms with E-state index in [0.717, 1.165) is 24.3 Å². The highest BCUT2D eigenvalue weighted by atomic mass is 32.1. The maximum absolute atomic E-state index is 9.92. The van der Waals surface area contributed by atoms with Gasteiger partial charge in [0.2, 0.25) is 0 Å². The number of hydrogen-bond acceptors (Lipinski definition) is 3. The maximum Gasteiger partial charge on any atom is 0.114 e. The summed E-state index contributed by atoms with van der Waals surface area (Å²) in [5.41, 5.74) is 0. The quantitative estimate of drug-likeness (QED) is 0.790. The van der Waals surface area contributed by atoms with Gasteiger partial charge in [-0.25, -0.2) is 0 Å². The van der Waals surface area contributed by atoms with Gasteiger partial charge >= 0.3 is 0 Å². The van der Waals surface area contributed by atoms with Gasteiger partial charge in [-0.05, 0) is 30.7 Å². The molecule has 72 valence electrons. The summed E-state index contributed by atoms with van der Waals surface area (Å²) in [6, 6.07) is 3.93. The average molecular weight is 198 g/mol. The molecule has 1 aromatic rings. The molecule has 1 N–H and O–H groups in total. The molecule has 1 aromatic heterocycles. The summed E-state index contributed by atoms with van der Waals surface area (Å²) >= 11 is 1.59. The average Bonchev–Trinajstić information content (AvgIpc) is 2.71. The van der Waals surface area contributed by atoms with Crippen LogP contribution < -0.4 is 0 Å². The van der Waals surface area contributed by atoms with Crippen molar-refractivity contribution in [3.63, 3.8) is 0 Å². The van der Waals surface area contributed by atoms with Gasteiger partial charge in [0.25, 0.3) is 0 Å². The third kappa shape index (κ3) is 2.10. The lowest BCUT2D eigenvalue weighted by atomic mass is 10.0. The van der Waals surface area contributed by atoms with Gasteiger partial charge in [-0.3, -0.25) is 0 Å². The molecule has 0 saturated carbocycles. The zero-order valence-electron chi connectivity index (χ0n) is 7.48. The van der Waals surface area contributed by atoms with Crippen molar-refractivity contribution in [2.75, 3.05) is 6.61 Å². The van der Waals surface area contributed by atoms with E-state index >= 15 is 0 Å².